The average Bonchev–Trinajstić information content (AvgIpc) is 3.32. The summed E-state index contributed by atoms with van der Waals surface area (Å²) >= 11 is 0. The number of rotatable bonds is 5. The summed E-state index contributed by atoms with van der Waals surface area (Å²) in [7, 11) is 0. The lowest BCUT2D eigenvalue weighted by molar-refractivity contribution is -0.149. The largest absolute Gasteiger partial charge is 0.457 e. The van der Waals surface area contributed by atoms with Crippen molar-refractivity contribution in [2.24, 2.45) is 0 Å². The average molecular weight is 364 g/mol. The van der Waals surface area contributed by atoms with Crippen LogP contribution in [0.3, 0.4) is 0 Å². The van der Waals surface area contributed by atoms with E-state index in [0.29, 0.717) is 16.6 Å². The van der Waals surface area contributed by atoms with E-state index in [1.54, 1.807) is 18.2 Å². The second-order valence-electron chi connectivity index (χ2n) is 6.99. The van der Waals surface area contributed by atoms with Gasteiger partial charge in [0.15, 0.2) is 12.4 Å². The van der Waals surface area contributed by atoms with E-state index in [4.69, 9.17) is 4.74 Å². The molecule has 0 saturated heterocycles. The smallest absolute Gasteiger partial charge is 0.323 e. The molecule has 0 radical (unpaired) electrons. The summed E-state index contributed by atoms with van der Waals surface area (Å²) < 4.78 is 5.45. The van der Waals surface area contributed by atoms with Gasteiger partial charge < -0.3 is 14.7 Å². The summed E-state index contributed by atoms with van der Waals surface area (Å²) in [5.74, 6) is -0.635. The third-order valence-electron chi connectivity index (χ3n) is 5.35. The van der Waals surface area contributed by atoms with Crippen LogP contribution in [0.1, 0.15) is 41.6 Å². The van der Waals surface area contributed by atoms with Crippen molar-refractivity contribution in [2.75, 3.05) is 6.61 Å². The summed E-state index contributed by atoms with van der Waals surface area (Å²) in [5.41, 5.74) is 1.54. The predicted octanol–water partition coefficient (Wildman–Crippen LogP) is 3.09. The maximum absolute atomic E-state index is 12.9. The second-order valence-corrected chi connectivity index (χ2v) is 6.99. The van der Waals surface area contributed by atoms with Crippen LogP contribution in [0.25, 0.3) is 11.0 Å². The highest BCUT2D eigenvalue weighted by molar-refractivity contribution is 6.00. The topological polar surface area (TPSA) is 92.0 Å². The number of imidazole rings is 1. The van der Waals surface area contributed by atoms with Gasteiger partial charge in [-0.2, -0.15) is 0 Å². The molecule has 27 heavy (non-hydrogen) atoms. The number of aromatic nitrogens is 2. The zero-order valence-electron chi connectivity index (χ0n) is 14.8. The van der Waals surface area contributed by atoms with Crippen molar-refractivity contribution in [3.8, 4) is 0 Å². The molecule has 6 nitrogen and oxygen atoms in total. The van der Waals surface area contributed by atoms with Crippen LogP contribution in [0.4, 0.5) is 0 Å². The first-order valence-electron chi connectivity index (χ1n) is 9.06. The van der Waals surface area contributed by atoms with Crippen LogP contribution in [0.2, 0.25) is 0 Å². The lowest BCUT2D eigenvalue weighted by Gasteiger charge is -2.27. The molecule has 1 aromatic heterocycles. The summed E-state index contributed by atoms with van der Waals surface area (Å²) in [6.07, 6.45) is 3.41. The third-order valence-corrected chi connectivity index (χ3v) is 5.35. The molecule has 0 spiro atoms. The minimum atomic E-state index is -0.655. The second kappa shape index (κ2) is 6.87. The maximum atomic E-state index is 12.9. The number of nitrogens with one attached hydrogen (secondary N) is 2. The van der Waals surface area contributed by atoms with E-state index in [9.17, 15) is 14.4 Å². The number of Topliss-reactive ketones (excluding diaryl/α,β-unsaturated/α-hetero) is 1. The Bertz CT molecular complexity index is 1040. The number of benzene rings is 2. The quantitative estimate of drug-likeness (QED) is 0.537. The first-order valence-corrected chi connectivity index (χ1v) is 9.06. The molecule has 6 heteroatoms. The summed E-state index contributed by atoms with van der Waals surface area (Å²) in [5, 5.41) is 0. The Morgan fingerprint density at radius 2 is 1.67 bits per heavy atom. The highest BCUT2D eigenvalue weighted by Gasteiger charge is 2.44. The fourth-order valence-electron chi connectivity index (χ4n) is 3.90. The van der Waals surface area contributed by atoms with Gasteiger partial charge in [-0.25, -0.2) is 4.79 Å². The third kappa shape index (κ3) is 3.18. The van der Waals surface area contributed by atoms with E-state index in [1.807, 2.05) is 30.3 Å². The van der Waals surface area contributed by atoms with E-state index in [-0.39, 0.29) is 24.0 Å². The molecule has 2 N–H and O–H groups in total. The van der Waals surface area contributed by atoms with Gasteiger partial charge in [-0.15, -0.1) is 0 Å². The lowest BCUT2D eigenvalue weighted by Crippen LogP contribution is -2.35. The molecule has 1 aliphatic rings. The van der Waals surface area contributed by atoms with Gasteiger partial charge in [0.25, 0.3) is 0 Å². The van der Waals surface area contributed by atoms with Crippen LogP contribution >= 0.6 is 0 Å². The summed E-state index contributed by atoms with van der Waals surface area (Å²) in [6.45, 7) is -0.312. The molecule has 0 amide bonds. The van der Waals surface area contributed by atoms with Crippen molar-refractivity contribution in [2.45, 2.75) is 31.1 Å². The Kier molecular flexibility index (Phi) is 4.39. The van der Waals surface area contributed by atoms with Gasteiger partial charge in [0, 0.05) is 5.56 Å². The number of hydrogen-bond acceptors (Lipinski definition) is 4. The van der Waals surface area contributed by atoms with E-state index >= 15 is 0 Å². The molecule has 1 aliphatic carbocycles. The van der Waals surface area contributed by atoms with Crippen molar-refractivity contribution in [1.29, 1.82) is 0 Å². The number of H-pyrrole nitrogens is 2. The molecular formula is C21H20N2O4. The van der Waals surface area contributed by atoms with Gasteiger partial charge in [-0.1, -0.05) is 43.2 Å². The van der Waals surface area contributed by atoms with Crippen LogP contribution in [0, 0.1) is 0 Å². The fourth-order valence-corrected chi connectivity index (χ4v) is 3.90. The van der Waals surface area contributed by atoms with E-state index in [2.05, 4.69) is 9.97 Å². The molecule has 1 saturated carbocycles. The van der Waals surface area contributed by atoms with Crippen LogP contribution in [-0.4, -0.2) is 28.3 Å². The Labute approximate surface area is 155 Å². The molecule has 4 rings (SSSR count). The van der Waals surface area contributed by atoms with Crippen LogP contribution in [0.5, 0.6) is 0 Å². The van der Waals surface area contributed by atoms with Gasteiger partial charge in [-0.05, 0) is 36.6 Å². The minimum absolute atomic E-state index is 0.298. The van der Waals surface area contributed by atoms with E-state index in [1.165, 1.54) is 0 Å². The van der Waals surface area contributed by atoms with Crippen molar-refractivity contribution in [1.82, 2.24) is 9.97 Å². The summed E-state index contributed by atoms with van der Waals surface area (Å²) in [4.78, 5) is 42.0. The highest BCUT2D eigenvalue weighted by atomic mass is 16.5. The van der Waals surface area contributed by atoms with Crippen molar-refractivity contribution < 1.29 is 14.3 Å². The first-order chi connectivity index (χ1) is 13.1. The number of ether oxygens (including phenoxy) is 1. The van der Waals surface area contributed by atoms with Crippen LogP contribution in [-0.2, 0) is 14.9 Å². The Morgan fingerprint density at radius 3 is 2.41 bits per heavy atom. The molecule has 1 heterocycles. The number of carbonyl (C=O) groups is 2. The molecule has 3 aromatic rings. The molecule has 138 valence electrons. The minimum Gasteiger partial charge on any atom is -0.457 e. The normalized spacial score (nSPS) is 15.7. The molecule has 0 bridgehead atoms. The number of esters is 1. The van der Waals surface area contributed by atoms with Crippen molar-refractivity contribution >= 4 is 22.8 Å². The van der Waals surface area contributed by atoms with Gasteiger partial charge in [0.05, 0.1) is 16.4 Å². The van der Waals surface area contributed by atoms with Gasteiger partial charge >= 0.3 is 11.7 Å². The zero-order chi connectivity index (χ0) is 18.9. The number of fused-ring (bicyclic) bond motifs is 1. The van der Waals surface area contributed by atoms with Gasteiger partial charge in [0.2, 0.25) is 0 Å². The van der Waals surface area contributed by atoms with Crippen LogP contribution < -0.4 is 5.69 Å². The molecule has 1 fully saturated rings. The lowest BCUT2D eigenvalue weighted by atomic mass is 9.79. The number of ketones is 1. The Hall–Kier alpha value is -3.15. The predicted molar refractivity (Wildman–Crippen MR) is 101 cm³/mol. The zero-order valence-corrected chi connectivity index (χ0v) is 14.8. The summed E-state index contributed by atoms with van der Waals surface area (Å²) in [6, 6.07) is 14.5. The van der Waals surface area contributed by atoms with E-state index in [0.717, 1.165) is 31.2 Å². The molecule has 0 unspecified atom stereocenters. The number of aromatic amines is 2. The molecular weight excluding hydrogens is 344 g/mol. The van der Waals surface area contributed by atoms with E-state index < -0.39 is 5.41 Å². The molecule has 2 aromatic carbocycles. The monoisotopic (exact) mass is 364 g/mol. The maximum Gasteiger partial charge on any atom is 0.323 e. The molecule has 0 atom stereocenters. The number of hydrogen-bond donors (Lipinski definition) is 2. The standard InChI is InChI=1S/C21H20N2O4/c24-18(14-8-9-16-17(12-14)23-20(26)22-16)13-27-19(25)21(10-4-5-11-21)15-6-2-1-3-7-15/h1-3,6-9,12H,4-5,10-11,13H2,(H2,22,23,26). The SMILES string of the molecule is O=C(COC(=O)C1(c2ccccc2)CCCC1)c1ccc2[nH]c(=O)[nH]c2c1. The molecule has 0 aliphatic heterocycles. The first kappa shape index (κ1) is 17.3. The van der Waals surface area contributed by atoms with Crippen LogP contribution in [0.15, 0.2) is 53.3 Å². The number of carbonyl (C=O) groups excluding carboxylic acids is 2. The Morgan fingerprint density at radius 1 is 0.963 bits per heavy atom. The highest BCUT2D eigenvalue weighted by Crippen LogP contribution is 2.42. The fraction of sp³-hybridized carbons (Fsp3) is 0.286. The van der Waals surface area contributed by atoms with Gasteiger partial charge in [0.1, 0.15) is 0 Å². The Balaban J connectivity index is 1.50. The van der Waals surface area contributed by atoms with Crippen molar-refractivity contribution in [3.05, 3.63) is 70.1 Å². The van der Waals surface area contributed by atoms with Crippen molar-refractivity contribution in [3.63, 3.8) is 0 Å². The van der Waals surface area contributed by atoms with Gasteiger partial charge in [-0.3, -0.25) is 9.59 Å².